The molecule has 1 aromatic carbocycles. The minimum absolute atomic E-state index is 0.0479. The molecule has 0 unspecified atom stereocenters. The summed E-state index contributed by atoms with van der Waals surface area (Å²) in [6, 6.07) is 2.26. The summed E-state index contributed by atoms with van der Waals surface area (Å²) in [5, 5.41) is 36.7. The maximum absolute atomic E-state index is 10.9. The first-order valence-corrected chi connectivity index (χ1v) is 5.55. The number of guanidine groups is 1. The number of nitrogens with two attached hydrogens (primary N) is 1. The van der Waals surface area contributed by atoms with Gasteiger partial charge in [0.05, 0.1) is 20.5 Å². The number of rotatable bonds is 4. The largest absolute Gasteiger partial charge is 0.367 e. The molecule has 0 aliphatic carbocycles. The number of nitrogens with zero attached hydrogens (tertiary/aromatic N) is 4. The lowest BCUT2D eigenvalue weighted by Gasteiger charge is -2.01. The molecule has 0 aliphatic heterocycles. The summed E-state index contributed by atoms with van der Waals surface area (Å²) in [7, 11) is 0. The van der Waals surface area contributed by atoms with E-state index in [1.165, 1.54) is 11.5 Å². The average molecular weight is 347 g/mol. The summed E-state index contributed by atoms with van der Waals surface area (Å²) in [6.07, 6.45) is 0.797. The van der Waals surface area contributed by atoms with Crippen LogP contribution in [-0.2, 0) is 0 Å². The fraction of sp³-hybridized carbons (Fsp3) is 0. The van der Waals surface area contributed by atoms with E-state index in [-0.39, 0.29) is 10.0 Å². The molecule has 20 heavy (non-hydrogen) atoms. The normalized spacial score (nSPS) is 11.6. The van der Waals surface area contributed by atoms with E-state index in [0.717, 1.165) is 12.3 Å². The molecule has 0 spiro atoms. The maximum Gasteiger partial charge on any atom is 0.299 e. The molecule has 1 rings (SSSR count). The lowest BCUT2D eigenvalue weighted by molar-refractivity contribution is -0.394. The van der Waals surface area contributed by atoms with Gasteiger partial charge in [0, 0.05) is 6.07 Å². The molecule has 0 heterocycles. The second-order valence-electron chi connectivity index (χ2n) is 3.18. The highest BCUT2D eigenvalue weighted by molar-refractivity contribution is 9.10. The zero-order valence-corrected chi connectivity index (χ0v) is 11.1. The molecule has 12 heteroatoms. The van der Waals surface area contributed by atoms with Gasteiger partial charge in [-0.25, -0.2) is 5.48 Å². The first kappa shape index (κ1) is 15.5. The first-order chi connectivity index (χ1) is 9.38. The van der Waals surface area contributed by atoms with Crippen LogP contribution >= 0.6 is 15.9 Å². The van der Waals surface area contributed by atoms with Crippen molar-refractivity contribution in [3.05, 3.63) is 42.4 Å². The lowest BCUT2D eigenvalue weighted by Crippen LogP contribution is -2.27. The lowest BCUT2D eigenvalue weighted by atomic mass is 10.1. The second kappa shape index (κ2) is 6.53. The van der Waals surface area contributed by atoms with Crippen LogP contribution in [0.2, 0.25) is 0 Å². The van der Waals surface area contributed by atoms with Crippen LogP contribution in [0.25, 0.3) is 0 Å². The third-order valence-electron chi connectivity index (χ3n) is 1.99. The van der Waals surface area contributed by atoms with Gasteiger partial charge >= 0.3 is 0 Å². The summed E-state index contributed by atoms with van der Waals surface area (Å²) in [5.74, 6) is -0.485. The van der Waals surface area contributed by atoms with Crippen LogP contribution in [0.15, 0.2) is 26.8 Å². The zero-order valence-electron chi connectivity index (χ0n) is 9.56. The number of benzene rings is 1. The Morgan fingerprint density at radius 2 is 2.05 bits per heavy atom. The predicted molar refractivity (Wildman–Crippen MR) is 71.6 cm³/mol. The Labute approximate surface area is 119 Å². The number of nitro benzene ring substituents is 2. The highest BCUT2D eigenvalue weighted by Crippen LogP contribution is 2.33. The number of nitro groups is 2. The molecule has 0 aromatic heterocycles. The Hall–Kier alpha value is -2.60. The van der Waals surface area contributed by atoms with Gasteiger partial charge in [0.2, 0.25) is 5.96 Å². The molecule has 0 fully saturated rings. The van der Waals surface area contributed by atoms with Crippen LogP contribution < -0.4 is 11.2 Å². The molecular weight excluding hydrogens is 340 g/mol. The van der Waals surface area contributed by atoms with Crippen molar-refractivity contribution in [2.24, 2.45) is 15.9 Å². The summed E-state index contributed by atoms with van der Waals surface area (Å²) >= 11 is 2.93. The number of nitrogens with one attached hydrogen (secondary N) is 1. The fourth-order valence-electron chi connectivity index (χ4n) is 1.21. The molecule has 4 N–H and O–H groups in total. The van der Waals surface area contributed by atoms with Crippen LogP contribution in [0, 0.1) is 20.2 Å². The van der Waals surface area contributed by atoms with Gasteiger partial charge in [-0.05, 0) is 22.0 Å². The van der Waals surface area contributed by atoms with Crippen molar-refractivity contribution in [3.63, 3.8) is 0 Å². The van der Waals surface area contributed by atoms with E-state index in [1.54, 1.807) is 0 Å². The Balaban J connectivity index is 3.44. The molecule has 106 valence electrons. The maximum atomic E-state index is 10.9. The average Bonchev–Trinajstić information content (AvgIpc) is 2.37. The minimum Gasteiger partial charge on any atom is -0.367 e. The molecule has 0 radical (unpaired) electrons. The van der Waals surface area contributed by atoms with Crippen molar-refractivity contribution in [1.29, 1.82) is 0 Å². The van der Waals surface area contributed by atoms with Crippen molar-refractivity contribution in [1.82, 2.24) is 5.48 Å². The van der Waals surface area contributed by atoms with Crippen molar-refractivity contribution >= 4 is 39.5 Å². The van der Waals surface area contributed by atoms with E-state index in [4.69, 9.17) is 10.9 Å². The van der Waals surface area contributed by atoms with E-state index in [2.05, 4.69) is 26.1 Å². The van der Waals surface area contributed by atoms with E-state index >= 15 is 0 Å². The smallest absolute Gasteiger partial charge is 0.299 e. The van der Waals surface area contributed by atoms with Crippen molar-refractivity contribution in [2.75, 3.05) is 0 Å². The molecule has 0 aliphatic rings. The Kier molecular flexibility index (Phi) is 5.05. The van der Waals surface area contributed by atoms with E-state index in [0.29, 0.717) is 0 Å². The number of halogens is 1. The first-order valence-electron chi connectivity index (χ1n) is 4.76. The summed E-state index contributed by atoms with van der Waals surface area (Å²) in [5.41, 5.74) is 5.12. The van der Waals surface area contributed by atoms with Gasteiger partial charge in [-0.1, -0.05) is 0 Å². The number of hydrogen-bond acceptors (Lipinski definition) is 7. The predicted octanol–water partition coefficient (Wildman–Crippen LogP) is 0.893. The number of hydrogen-bond donors (Lipinski definition) is 3. The molecule has 11 nitrogen and oxygen atoms in total. The van der Waals surface area contributed by atoms with E-state index in [9.17, 15) is 20.2 Å². The van der Waals surface area contributed by atoms with Crippen molar-refractivity contribution in [3.8, 4) is 0 Å². The minimum atomic E-state index is -0.796. The van der Waals surface area contributed by atoms with Crippen molar-refractivity contribution in [2.45, 2.75) is 0 Å². The molecule has 0 amide bonds. The van der Waals surface area contributed by atoms with Gasteiger partial charge in [-0.2, -0.15) is 5.10 Å². The van der Waals surface area contributed by atoms with Gasteiger partial charge in [0.1, 0.15) is 0 Å². The van der Waals surface area contributed by atoms with Gasteiger partial charge < -0.3 is 5.73 Å². The molecule has 1 aromatic rings. The zero-order chi connectivity index (χ0) is 15.3. The van der Waals surface area contributed by atoms with Gasteiger partial charge in [0.25, 0.3) is 11.4 Å². The summed E-state index contributed by atoms with van der Waals surface area (Å²) in [6.45, 7) is 0. The number of hydroxylamine groups is 1. The van der Waals surface area contributed by atoms with Crippen LogP contribution in [0.3, 0.4) is 0 Å². The molecule has 0 saturated heterocycles. The highest BCUT2D eigenvalue weighted by atomic mass is 79.9. The molecular formula is C8H7BrN6O5. The van der Waals surface area contributed by atoms with Crippen LogP contribution in [0.5, 0.6) is 0 Å². The fourth-order valence-corrected chi connectivity index (χ4v) is 1.70. The summed E-state index contributed by atoms with van der Waals surface area (Å²) in [4.78, 5) is 20.2. The highest BCUT2D eigenvalue weighted by Gasteiger charge is 2.26. The van der Waals surface area contributed by atoms with Crippen LogP contribution in [-0.4, -0.2) is 27.2 Å². The van der Waals surface area contributed by atoms with E-state index < -0.39 is 27.2 Å². The summed E-state index contributed by atoms with van der Waals surface area (Å²) < 4.78 is 0.0479. The SMILES string of the molecule is N/C(=N\N=C\c1c([N+](=O)[O-])ccc(Br)c1[N+](=O)[O-])NO. The van der Waals surface area contributed by atoms with Gasteiger partial charge in [-0.15, -0.1) is 5.10 Å². The van der Waals surface area contributed by atoms with E-state index in [1.807, 2.05) is 0 Å². The monoisotopic (exact) mass is 346 g/mol. The van der Waals surface area contributed by atoms with Crippen molar-refractivity contribution < 1.29 is 15.1 Å². The van der Waals surface area contributed by atoms with Gasteiger partial charge in [0.15, 0.2) is 5.56 Å². The second-order valence-corrected chi connectivity index (χ2v) is 4.04. The standard InChI is InChI=1S/C8H7BrN6O5/c9-5-1-2-6(14(17)18)4(7(5)15(19)20)3-11-12-8(10)13-16/h1-3,16H,(H3,10,12,13)/b11-3+. The molecule has 0 bridgehead atoms. The Bertz CT molecular complexity index is 616. The van der Waals surface area contributed by atoms with Crippen LogP contribution in [0.1, 0.15) is 5.56 Å². The Morgan fingerprint density at radius 1 is 1.40 bits per heavy atom. The topological polar surface area (TPSA) is 169 Å². The van der Waals surface area contributed by atoms with Crippen LogP contribution in [0.4, 0.5) is 11.4 Å². The molecule has 0 saturated carbocycles. The third kappa shape index (κ3) is 3.46. The third-order valence-corrected chi connectivity index (χ3v) is 2.63. The quantitative estimate of drug-likeness (QED) is 0.314. The Morgan fingerprint density at radius 3 is 2.55 bits per heavy atom. The molecule has 0 atom stereocenters. The van der Waals surface area contributed by atoms with Gasteiger partial charge in [-0.3, -0.25) is 25.4 Å².